The van der Waals surface area contributed by atoms with Gasteiger partial charge in [-0.25, -0.2) is 4.99 Å². The highest BCUT2D eigenvalue weighted by molar-refractivity contribution is 5.80. The van der Waals surface area contributed by atoms with Crippen LogP contribution in [0.3, 0.4) is 0 Å². The Hall–Kier alpha value is -2.61. The largest absolute Gasteiger partial charge is 0.493 e. The molecule has 1 atom stereocenters. The number of rotatable bonds is 5. The molecule has 1 saturated carbocycles. The number of nitrogens with zero attached hydrogens (tertiary/aromatic N) is 5. The molecule has 1 aromatic heterocycles. The summed E-state index contributed by atoms with van der Waals surface area (Å²) in [5.41, 5.74) is 1.20. The van der Waals surface area contributed by atoms with E-state index in [1.54, 1.807) is 0 Å². The standard InChI is InChI=1S/C23H33N7O/c1-16-27-28-22(29(16)2)15-24-23(25-17-9-12-30(13-10-17)18-7-8-18)26-20-11-14-31-21-6-4-3-5-19(20)21/h3-6,17-18,20H,7-15H2,1-2H3,(H2,24,25,26). The summed E-state index contributed by atoms with van der Waals surface area (Å²) in [6.07, 6.45) is 6.00. The molecule has 31 heavy (non-hydrogen) atoms. The van der Waals surface area contributed by atoms with Crippen LogP contribution in [-0.4, -0.2) is 57.4 Å². The maximum Gasteiger partial charge on any atom is 0.192 e. The smallest absolute Gasteiger partial charge is 0.192 e. The number of hydrogen-bond acceptors (Lipinski definition) is 5. The van der Waals surface area contributed by atoms with Crippen molar-refractivity contribution in [1.29, 1.82) is 0 Å². The van der Waals surface area contributed by atoms with Crippen LogP contribution in [0.4, 0.5) is 0 Å². The van der Waals surface area contributed by atoms with Gasteiger partial charge in [-0.1, -0.05) is 18.2 Å². The van der Waals surface area contributed by atoms with Gasteiger partial charge in [0.2, 0.25) is 0 Å². The van der Waals surface area contributed by atoms with Gasteiger partial charge in [0.05, 0.1) is 12.6 Å². The predicted molar refractivity (Wildman–Crippen MR) is 120 cm³/mol. The van der Waals surface area contributed by atoms with Crippen LogP contribution in [0, 0.1) is 6.92 Å². The van der Waals surface area contributed by atoms with Crippen LogP contribution in [0.2, 0.25) is 0 Å². The fourth-order valence-electron chi connectivity index (χ4n) is 4.57. The topological polar surface area (TPSA) is 79.6 Å². The number of guanidine groups is 1. The number of hydrogen-bond donors (Lipinski definition) is 2. The van der Waals surface area contributed by atoms with Gasteiger partial charge in [-0.15, -0.1) is 10.2 Å². The van der Waals surface area contributed by atoms with Crippen molar-refractivity contribution in [2.45, 2.75) is 63.7 Å². The van der Waals surface area contributed by atoms with E-state index in [1.807, 2.05) is 30.7 Å². The Morgan fingerprint density at radius 1 is 1.10 bits per heavy atom. The summed E-state index contributed by atoms with van der Waals surface area (Å²) in [5, 5.41) is 15.9. The zero-order chi connectivity index (χ0) is 21.2. The van der Waals surface area contributed by atoms with Crippen molar-refractivity contribution in [2.75, 3.05) is 19.7 Å². The molecule has 1 aliphatic carbocycles. The fraction of sp³-hybridized carbons (Fsp3) is 0.609. The minimum atomic E-state index is 0.184. The van der Waals surface area contributed by atoms with Gasteiger partial charge in [0.1, 0.15) is 18.1 Å². The van der Waals surface area contributed by atoms with Crippen LogP contribution in [0.5, 0.6) is 5.75 Å². The number of nitrogens with one attached hydrogen (secondary N) is 2. The van der Waals surface area contributed by atoms with Crippen LogP contribution in [0.15, 0.2) is 29.3 Å². The van der Waals surface area contributed by atoms with Gasteiger partial charge in [-0.05, 0) is 38.7 Å². The minimum absolute atomic E-state index is 0.184. The van der Waals surface area contributed by atoms with Gasteiger partial charge >= 0.3 is 0 Å². The van der Waals surface area contributed by atoms with Crippen molar-refractivity contribution >= 4 is 5.96 Å². The number of fused-ring (bicyclic) bond motifs is 1. The third-order valence-corrected chi connectivity index (χ3v) is 6.76. The number of para-hydroxylation sites is 1. The molecule has 0 amide bonds. The molecule has 2 aromatic rings. The Bertz CT molecular complexity index is 928. The maximum absolute atomic E-state index is 5.85. The number of piperidine rings is 1. The van der Waals surface area contributed by atoms with Crippen molar-refractivity contribution < 1.29 is 4.74 Å². The summed E-state index contributed by atoms with van der Waals surface area (Å²) >= 11 is 0. The van der Waals surface area contributed by atoms with Gasteiger partial charge in [0.25, 0.3) is 0 Å². The predicted octanol–water partition coefficient (Wildman–Crippen LogP) is 2.31. The molecule has 2 N–H and O–H groups in total. The lowest BCUT2D eigenvalue weighted by Gasteiger charge is -2.34. The van der Waals surface area contributed by atoms with E-state index in [2.05, 4.69) is 37.9 Å². The number of ether oxygens (including phenoxy) is 1. The molecule has 3 aliphatic rings. The number of benzene rings is 1. The zero-order valence-corrected chi connectivity index (χ0v) is 18.5. The van der Waals surface area contributed by atoms with Crippen molar-refractivity contribution in [3.63, 3.8) is 0 Å². The molecule has 1 aromatic carbocycles. The summed E-state index contributed by atoms with van der Waals surface area (Å²) in [5.74, 6) is 3.59. The SMILES string of the molecule is Cc1nnc(CN=C(NC2CCN(C3CC3)CC2)NC2CCOc3ccccc32)n1C. The second-order valence-electron chi connectivity index (χ2n) is 8.94. The quantitative estimate of drug-likeness (QED) is 0.568. The van der Waals surface area contributed by atoms with Gasteiger partial charge in [-0.3, -0.25) is 0 Å². The Kier molecular flexibility index (Phi) is 5.80. The Balaban J connectivity index is 1.30. The van der Waals surface area contributed by atoms with Crippen LogP contribution >= 0.6 is 0 Å². The number of aromatic nitrogens is 3. The molecule has 0 bridgehead atoms. The maximum atomic E-state index is 5.85. The second kappa shape index (κ2) is 8.86. The van der Waals surface area contributed by atoms with Crippen molar-refractivity contribution in [1.82, 2.24) is 30.3 Å². The highest BCUT2D eigenvalue weighted by Crippen LogP contribution is 2.32. The van der Waals surface area contributed by atoms with Gasteiger partial charge in [0, 0.05) is 44.2 Å². The van der Waals surface area contributed by atoms with Crippen molar-refractivity contribution in [3.8, 4) is 5.75 Å². The number of aliphatic imine (C=N–C) groups is 1. The normalized spacial score (nSPS) is 22.6. The molecule has 3 heterocycles. The highest BCUT2D eigenvalue weighted by atomic mass is 16.5. The minimum Gasteiger partial charge on any atom is -0.493 e. The molecule has 1 unspecified atom stereocenters. The Morgan fingerprint density at radius 2 is 1.90 bits per heavy atom. The molecule has 8 nitrogen and oxygen atoms in total. The van der Waals surface area contributed by atoms with Crippen LogP contribution in [0.25, 0.3) is 0 Å². The van der Waals surface area contributed by atoms with E-state index in [1.165, 1.54) is 31.5 Å². The van der Waals surface area contributed by atoms with Crippen LogP contribution in [0.1, 0.15) is 55.4 Å². The lowest BCUT2D eigenvalue weighted by molar-refractivity contribution is 0.197. The average Bonchev–Trinajstić information content (AvgIpc) is 3.60. The van der Waals surface area contributed by atoms with Gasteiger partial charge < -0.3 is 24.8 Å². The lowest BCUT2D eigenvalue weighted by atomic mass is 10.0. The van der Waals surface area contributed by atoms with Crippen LogP contribution in [-0.2, 0) is 13.6 Å². The first-order valence-corrected chi connectivity index (χ1v) is 11.6. The van der Waals surface area contributed by atoms with E-state index in [0.717, 1.165) is 48.7 Å². The van der Waals surface area contributed by atoms with E-state index in [-0.39, 0.29) is 6.04 Å². The second-order valence-corrected chi connectivity index (χ2v) is 8.94. The summed E-state index contributed by atoms with van der Waals surface area (Å²) in [7, 11) is 1.99. The summed E-state index contributed by atoms with van der Waals surface area (Å²) in [6.45, 7) is 5.53. The molecule has 8 heteroatoms. The number of aryl methyl sites for hydroxylation is 1. The summed E-state index contributed by atoms with van der Waals surface area (Å²) < 4.78 is 7.84. The molecule has 0 radical (unpaired) electrons. The van der Waals surface area contributed by atoms with Crippen molar-refractivity contribution in [3.05, 3.63) is 41.5 Å². The summed E-state index contributed by atoms with van der Waals surface area (Å²) in [4.78, 5) is 7.56. The Morgan fingerprint density at radius 3 is 2.65 bits per heavy atom. The molecular weight excluding hydrogens is 390 g/mol. The third kappa shape index (κ3) is 4.69. The molecule has 2 fully saturated rings. The van der Waals surface area contributed by atoms with E-state index in [9.17, 15) is 0 Å². The van der Waals surface area contributed by atoms with Gasteiger partial charge in [0.15, 0.2) is 11.8 Å². The zero-order valence-electron chi connectivity index (χ0n) is 18.5. The Labute approximate surface area is 184 Å². The van der Waals surface area contributed by atoms with E-state index in [4.69, 9.17) is 9.73 Å². The first kappa shape index (κ1) is 20.3. The van der Waals surface area contributed by atoms with E-state index >= 15 is 0 Å². The third-order valence-electron chi connectivity index (χ3n) is 6.76. The van der Waals surface area contributed by atoms with Crippen LogP contribution < -0.4 is 15.4 Å². The molecule has 166 valence electrons. The molecule has 1 saturated heterocycles. The highest BCUT2D eigenvalue weighted by Gasteiger charge is 2.32. The first-order valence-electron chi connectivity index (χ1n) is 11.6. The average molecular weight is 424 g/mol. The van der Waals surface area contributed by atoms with E-state index in [0.29, 0.717) is 19.2 Å². The first-order chi connectivity index (χ1) is 15.2. The molecule has 0 spiro atoms. The monoisotopic (exact) mass is 423 g/mol. The number of likely N-dealkylation sites (tertiary alicyclic amines) is 1. The van der Waals surface area contributed by atoms with E-state index < -0.39 is 0 Å². The molecule has 2 aliphatic heterocycles. The van der Waals surface area contributed by atoms with Crippen molar-refractivity contribution in [2.24, 2.45) is 12.0 Å². The van der Waals surface area contributed by atoms with Gasteiger partial charge in [-0.2, -0.15) is 0 Å². The molecule has 5 rings (SSSR count). The summed E-state index contributed by atoms with van der Waals surface area (Å²) in [6, 6.07) is 9.76. The molecular formula is C23H33N7O. The lowest BCUT2D eigenvalue weighted by Crippen LogP contribution is -2.50. The fourth-order valence-corrected chi connectivity index (χ4v) is 4.57.